The summed E-state index contributed by atoms with van der Waals surface area (Å²) in [6.07, 6.45) is 5.95. The molecule has 0 fully saturated rings. The molecule has 9 nitrogen and oxygen atoms in total. The SMILES string of the molecule is CC[C@](C)(CNc1cc(-c2ccc(NCCNC)nc2)ncn1)c1cccc2c(C(=O)NC)ccnc12. The van der Waals surface area contributed by atoms with Crippen LogP contribution in [0.2, 0.25) is 0 Å². The number of carbonyl (C=O) groups is 1. The molecule has 0 spiro atoms. The van der Waals surface area contributed by atoms with Crippen molar-refractivity contribution >= 4 is 28.4 Å². The Morgan fingerprint density at radius 3 is 2.54 bits per heavy atom. The number of anilines is 2. The van der Waals surface area contributed by atoms with Crippen molar-refractivity contribution in [1.82, 2.24) is 30.6 Å². The van der Waals surface area contributed by atoms with E-state index >= 15 is 0 Å². The van der Waals surface area contributed by atoms with Crippen LogP contribution < -0.4 is 21.3 Å². The molecule has 4 rings (SSSR count). The van der Waals surface area contributed by atoms with Gasteiger partial charge in [0.2, 0.25) is 0 Å². The summed E-state index contributed by atoms with van der Waals surface area (Å²) < 4.78 is 0. The van der Waals surface area contributed by atoms with E-state index in [-0.39, 0.29) is 11.3 Å². The van der Waals surface area contributed by atoms with Gasteiger partial charge < -0.3 is 21.3 Å². The fourth-order valence-corrected chi connectivity index (χ4v) is 4.27. The summed E-state index contributed by atoms with van der Waals surface area (Å²) in [4.78, 5) is 30.5. The maximum atomic E-state index is 12.4. The van der Waals surface area contributed by atoms with Gasteiger partial charge in [0.25, 0.3) is 5.91 Å². The van der Waals surface area contributed by atoms with E-state index in [4.69, 9.17) is 0 Å². The average molecular weight is 499 g/mol. The van der Waals surface area contributed by atoms with Gasteiger partial charge in [0.05, 0.1) is 16.8 Å². The van der Waals surface area contributed by atoms with Gasteiger partial charge in [0.15, 0.2) is 0 Å². The van der Waals surface area contributed by atoms with Gasteiger partial charge >= 0.3 is 0 Å². The number of benzene rings is 1. The third-order valence-electron chi connectivity index (χ3n) is 6.74. The Bertz CT molecular complexity index is 1360. The minimum atomic E-state index is -0.249. The molecule has 4 N–H and O–H groups in total. The minimum Gasteiger partial charge on any atom is -0.369 e. The van der Waals surface area contributed by atoms with Crippen molar-refractivity contribution in [2.45, 2.75) is 25.7 Å². The Hall–Kier alpha value is -4.11. The van der Waals surface area contributed by atoms with Crippen LogP contribution in [0.4, 0.5) is 11.6 Å². The van der Waals surface area contributed by atoms with Crippen LogP contribution in [0.3, 0.4) is 0 Å². The molecule has 0 aliphatic heterocycles. The maximum absolute atomic E-state index is 12.4. The van der Waals surface area contributed by atoms with Gasteiger partial charge in [-0.2, -0.15) is 0 Å². The summed E-state index contributed by atoms with van der Waals surface area (Å²) >= 11 is 0. The third kappa shape index (κ3) is 5.83. The second-order valence-electron chi connectivity index (χ2n) is 9.16. The zero-order valence-electron chi connectivity index (χ0n) is 21.8. The average Bonchev–Trinajstić information content (AvgIpc) is 2.95. The molecule has 1 amide bonds. The Kier molecular flexibility index (Phi) is 8.25. The molecule has 3 aromatic heterocycles. The standard InChI is InChI=1S/C28H34N8O/c1-5-28(2,22-8-6-7-20-21(27(37)30-4)11-12-32-26(20)22)17-34-25-15-23(35-18-36-25)19-9-10-24(33-16-19)31-14-13-29-3/h6-12,15-16,18,29H,5,13-14,17H2,1-4H3,(H,30,37)(H,31,33)(H,34,35,36)/t28-/m1/s1. The first-order valence-corrected chi connectivity index (χ1v) is 12.5. The highest BCUT2D eigenvalue weighted by atomic mass is 16.1. The number of para-hydroxylation sites is 1. The number of likely N-dealkylation sites (N-methyl/N-ethyl adjacent to an activating group) is 1. The lowest BCUT2D eigenvalue weighted by molar-refractivity contribution is 0.0964. The first-order chi connectivity index (χ1) is 18.0. The van der Waals surface area contributed by atoms with E-state index in [1.165, 1.54) is 0 Å². The number of hydrogen-bond acceptors (Lipinski definition) is 8. The van der Waals surface area contributed by atoms with Gasteiger partial charge in [-0.1, -0.05) is 32.0 Å². The molecule has 1 aromatic carbocycles. The molecule has 0 radical (unpaired) electrons. The van der Waals surface area contributed by atoms with Crippen molar-refractivity contribution in [1.29, 1.82) is 0 Å². The second-order valence-corrected chi connectivity index (χ2v) is 9.16. The lowest BCUT2D eigenvalue weighted by atomic mass is 9.78. The van der Waals surface area contributed by atoms with Crippen molar-refractivity contribution in [3.63, 3.8) is 0 Å². The van der Waals surface area contributed by atoms with Gasteiger partial charge in [0, 0.05) is 61.5 Å². The Balaban J connectivity index is 1.54. The van der Waals surface area contributed by atoms with Gasteiger partial charge in [-0.05, 0) is 37.2 Å². The van der Waals surface area contributed by atoms with Crippen LogP contribution in [0.25, 0.3) is 22.2 Å². The van der Waals surface area contributed by atoms with E-state index in [1.807, 2.05) is 43.6 Å². The first kappa shape index (κ1) is 26.0. The minimum absolute atomic E-state index is 0.120. The van der Waals surface area contributed by atoms with E-state index in [2.05, 4.69) is 61.1 Å². The Morgan fingerprint density at radius 1 is 0.946 bits per heavy atom. The van der Waals surface area contributed by atoms with Crippen molar-refractivity contribution in [2.75, 3.05) is 44.4 Å². The summed E-state index contributed by atoms with van der Waals surface area (Å²) in [5.74, 6) is 1.44. The van der Waals surface area contributed by atoms with E-state index in [9.17, 15) is 4.79 Å². The Morgan fingerprint density at radius 2 is 1.81 bits per heavy atom. The molecule has 0 bridgehead atoms. The van der Waals surface area contributed by atoms with Gasteiger partial charge in [-0.3, -0.25) is 9.78 Å². The van der Waals surface area contributed by atoms with Crippen molar-refractivity contribution in [3.8, 4) is 11.3 Å². The Labute approximate surface area is 217 Å². The smallest absolute Gasteiger partial charge is 0.251 e. The van der Waals surface area contributed by atoms with Crippen LogP contribution in [-0.2, 0) is 5.41 Å². The fourth-order valence-electron chi connectivity index (χ4n) is 4.27. The number of amides is 1. The summed E-state index contributed by atoms with van der Waals surface area (Å²) in [7, 11) is 3.56. The topological polar surface area (TPSA) is 117 Å². The largest absolute Gasteiger partial charge is 0.369 e. The quantitative estimate of drug-likeness (QED) is 0.230. The number of hydrogen-bond donors (Lipinski definition) is 4. The molecule has 37 heavy (non-hydrogen) atoms. The summed E-state index contributed by atoms with van der Waals surface area (Å²) in [5.41, 5.74) is 4.02. The van der Waals surface area contributed by atoms with Crippen molar-refractivity contribution in [2.24, 2.45) is 0 Å². The van der Waals surface area contributed by atoms with Crippen LogP contribution in [0.15, 0.2) is 61.2 Å². The molecule has 9 heteroatoms. The lowest BCUT2D eigenvalue weighted by Gasteiger charge is -2.30. The number of nitrogens with zero attached hydrogens (tertiary/aromatic N) is 4. The molecule has 0 saturated heterocycles. The van der Waals surface area contributed by atoms with Crippen molar-refractivity contribution in [3.05, 3.63) is 72.3 Å². The molecule has 192 valence electrons. The van der Waals surface area contributed by atoms with Gasteiger partial charge in [0.1, 0.15) is 18.0 Å². The highest BCUT2D eigenvalue weighted by molar-refractivity contribution is 6.06. The highest BCUT2D eigenvalue weighted by Crippen LogP contribution is 2.34. The number of fused-ring (bicyclic) bond motifs is 1. The van der Waals surface area contributed by atoms with Gasteiger partial charge in [-0.15, -0.1) is 0 Å². The summed E-state index contributed by atoms with van der Waals surface area (Å²) in [6.45, 7) is 6.67. The summed E-state index contributed by atoms with van der Waals surface area (Å²) in [6, 6.07) is 13.7. The second kappa shape index (κ2) is 11.7. The van der Waals surface area contributed by atoms with E-state index in [0.717, 1.165) is 58.9 Å². The van der Waals surface area contributed by atoms with Crippen LogP contribution >= 0.6 is 0 Å². The van der Waals surface area contributed by atoms with Crippen LogP contribution in [0, 0.1) is 0 Å². The van der Waals surface area contributed by atoms with E-state index in [0.29, 0.717) is 12.1 Å². The number of carbonyl (C=O) groups excluding carboxylic acids is 1. The lowest BCUT2D eigenvalue weighted by Crippen LogP contribution is -2.31. The zero-order valence-corrected chi connectivity index (χ0v) is 21.8. The number of rotatable bonds is 11. The maximum Gasteiger partial charge on any atom is 0.251 e. The predicted octanol–water partition coefficient (Wildman–Crippen LogP) is 3.86. The molecule has 0 saturated carbocycles. The monoisotopic (exact) mass is 498 g/mol. The molecule has 1 atom stereocenters. The third-order valence-corrected chi connectivity index (χ3v) is 6.74. The molecular formula is C28H34N8O. The van der Waals surface area contributed by atoms with E-state index in [1.54, 1.807) is 25.6 Å². The number of pyridine rings is 2. The number of aromatic nitrogens is 4. The van der Waals surface area contributed by atoms with Crippen molar-refractivity contribution < 1.29 is 4.79 Å². The number of nitrogens with one attached hydrogen (secondary N) is 4. The summed E-state index contributed by atoms with van der Waals surface area (Å²) in [5, 5.41) is 13.5. The molecular weight excluding hydrogens is 464 g/mol. The molecule has 4 aromatic rings. The fraction of sp³-hybridized carbons (Fsp3) is 0.321. The van der Waals surface area contributed by atoms with E-state index < -0.39 is 0 Å². The molecule has 0 aliphatic rings. The molecule has 3 heterocycles. The van der Waals surface area contributed by atoms with Crippen LogP contribution in [0.5, 0.6) is 0 Å². The van der Waals surface area contributed by atoms with Crippen LogP contribution in [0.1, 0.15) is 36.2 Å². The normalized spacial score (nSPS) is 12.6. The predicted molar refractivity (Wildman–Crippen MR) is 149 cm³/mol. The van der Waals surface area contributed by atoms with Gasteiger partial charge in [-0.25, -0.2) is 15.0 Å². The first-order valence-electron chi connectivity index (χ1n) is 12.5. The highest BCUT2D eigenvalue weighted by Gasteiger charge is 2.28. The zero-order chi connectivity index (χ0) is 26.3. The molecule has 0 aliphatic carbocycles. The van der Waals surface area contributed by atoms with Crippen LogP contribution in [-0.4, -0.2) is 59.6 Å². The molecule has 0 unspecified atom stereocenters.